The first kappa shape index (κ1) is 14.8. The molecule has 4 nitrogen and oxygen atoms in total. The van der Waals surface area contributed by atoms with E-state index in [9.17, 15) is 4.79 Å². The molecule has 4 heteroatoms. The zero-order valence-corrected chi connectivity index (χ0v) is 12.5. The van der Waals surface area contributed by atoms with Crippen molar-refractivity contribution in [3.05, 3.63) is 0 Å². The van der Waals surface area contributed by atoms with Crippen molar-refractivity contribution in [3.63, 3.8) is 0 Å². The maximum Gasteiger partial charge on any atom is 0.237 e. The van der Waals surface area contributed by atoms with Crippen LogP contribution in [0.15, 0.2) is 0 Å². The Morgan fingerprint density at radius 1 is 1.21 bits per heavy atom. The summed E-state index contributed by atoms with van der Waals surface area (Å²) in [6, 6.07) is 0.963. The van der Waals surface area contributed by atoms with Crippen molar-refractivity contribution in [1.82, 2.24) is 15.5 Å². The molecule has 0 aromatic carbocycles. The summed E-state index contributed by atoms with van der Waals surface area (Å²) in [6.07, 6.45) is 8.59. The van der Waals surface area contributed by atoms with Gasteiger partial charge in [0.25, 0.3) is 0 Å². The number of amides is 1. The largest absolute Gasteiger partial charge is 0.352 e. The Balaban J connectivity index is 1.87. The highest BCUT2D eigenvalue weighted by atomic mass is 16.2. The molecule has 1 saturated carbocycles. The summed E-state index contributed by atoms with van der Waals surface area (Å²) in [7, 11) is 2.00. The Bertz CT molecular complexity index is 287. The zero-order chi connectivity index (χ0) is 13.7. The van der Waals surface area contributed by atoms with Crippen molar-refractivity contribution in [2.75, 3.05) is 20.1 Å². The highest BCUT2D eigenvalue weighted by molar-refractivity contribution is 5.81. The van der Waals surface area contributed by atoms with Gasteiger partial charge in [-0.1, -0.05) is 19.3 Å². The Hall–Kier alpha value is -0.610. The van der Waals surface area contributed by atoms with Gasteiger partial charge in [0.15, 0.2) is 0 Å². The smallest absolute Gasteiger partial charge is 0.237 e. The molecular formula is C15H29N3O. The molecule has 110 valence electrons. The normalized spacial score (nSPS) is 27.4. The van der Waals surface area contributed by atoms with E-state index in [-0.39, 0.29) is 11.9 Å². The number of hydrogen-bond donors (Lipinski definition) is 2. The number of hydrogen-bond acceptors (Lipinski definition) is 3. The van der Waals surface area contributed by atoms with Gasteiger partial charge in [-0.05, 0) is 46.2 Å². The van der Waals surface area contributed by atoms with Crippen molar-refractivity contribution in [3.8, 4) is 0 Å². The first-order valence-corrected chi connectivity index (χ1v) is 7.93. The minimum absolute atomic E-state index is 0.0132. The molecule has 0 radical (unpaired) electrons. The summed E-state index contributed by atoms with van der Waals surface area (Å²) in [5, 5.41) is 6.50. The van der Waals surface area contributed by atoms with Gasteiger partial charge in [0, 0.05) is 18.6 Å². The number of nitrogens with one attached hydrogen (secondary N) is 2. The van der Waals surface area contributed by atoms with E-state index in [1.54, 1.807) is 0 Å². The summed E-state index contributed by atoms with van der Waals surface area (Å²) in [4.78, 5) is 14.8. The minimum atomic E-state index is 0.0132. The van der Waals surface area contributed by atoms with Crippen molar-refractivity contribution < 1.29 is 4.79 Å². The third-order valence-electron chi connectivity index (χ3n) is 4.69. The van der Waals surface area contributed by atoms with Crippen LogP contribution in [0.5, 0.6) is 0 Å². The lowest BCUT2D eigenvalue weighted by molar-refractivity contribution is -0.128. The number of likely N-dealkylation sites (N-methyl/N-ethyl adjacent to an activating group) is 1. The van der Waals surface area contributed by atoms with E-state index in [1.165, 1.54) is 44.9 Å². The van der Waals surface area contributed by atoms with Gasteiger partial charge < -0.3 is 10.6 Å². The van der Waals surface area contributed by atoms with Gasteiger partial charge in [0.05, 0.1) is 6.04 Å². The van der Waals surface area contributed by atoms with Crippen LogP contribution in [0.1, 0.15) is 51.9 Å². The number of nitrogens with zero attached hydrogens (tertiary/aromatic N) is 1. The fourth-order valence-corrected chi connectivity index (χ4v) is 3.53. The van der Waals surface area contributed by atoms with Crippen LogP contribution in [0.2, 0.25) is 0 Å². The molecule has 0 spiro atoms. The molecule has 1 amide bonds. The van der Waals surface area contributed by atoms with E-state index in [2.05, 4.69) is 22.5 Å². The summed E-state index contributed by atoms with van der Waals surface area (Å²) < 4.78 is 0. The van der Waals surface area contributed by atoms with Gasteiger partial charge in [-0.15, -0.1) is 0 Å². The number of carbonyl (C=O) groups excluding carboxylic acids is 1. The van der Waals surface area contributed by atoms with Gasteiger partial charge in [0.1, 0.15) is 0 Å². The molecule has 1 aliphatic heterocycles. The van der Waals surface area contributed by atoms with Crippen LogP contribution in [0.4, 0.5) is 0 Å². The molecule has 0 aromatic rings. The lowest BCUT2D eigenvalue weighted by atomic mass is 9.99. The molecular weight excluding hydrogens is 238 g/mol. The molecule has 1 saturated heterocycles. The maximum absolute atomic E-state index is 12.4. The van der Waals surface area contributed by atoms with E-state index in [0.29, 0.717) is 12.1 Å². The second-order valence-electron chi connectivity index (χ2n) is 6.11. The third-order valence-corrected chi connectivity index (χ3v) is 4.69. The van der Waals surface area contributed by atoms with Crippen molar-refractivity contribution in [2.24, 2.45) is 0 Å². The van der Waals surface area contributed by atoms with Crippen molar-refractivity contribution in [1.29, 1.82) is 0 Å². The van der Waals surface area contributed by atoms with E-state index >= 15 is 0 Å². The second-order valence-corrected chi connectivity index (χ2v) is 6.11. The zero-order valence-electron chi connectivity index (χ0n) is 12.5. The Kier molecular flexibility index (Phi) is 5.64. The molecule has 2 atom stereocenters. The van der Waals surface area contributed by atoms with E-state index in [0.717, 1.165) is 13.1 Å². The fourth-order valence-electron chi connectivity index (χ4n) is 3.53. The number of piperidine rings is 1. The highest BCUT2D eigenvalue weighted by Crippen LogP contribution is 2.21. The molecule has 2 aliphatic rings. The minimum Gasteiger partial charge on any atom is -0.352 e. The monoisotopic (exact) mass is 267 g/mol. The average Bonchev–Trinajstić information content (AvgIpc) is 2.92. The quantitative estimate of drug-likeness (QED) is 0.793. The van der Waals surface area contributed by atoms with Gasteiger partial charge in [0.2, 0.25) is 5.91 Å². The van der Waals surface area contributed by atoms with Crippen molar-refractivity contribution in [2.45, 2.75) is 70.0 Å². The average molecular weight is 267 g/mol. The Morgan fingerprint density at radius 2 is 1.89 bits per heavy atom. The number of likely N-dealkylation sites (tertiary alicyclic amines) is 1. The van der Waals surface area contributed by atoms with Crippen LogP contribution >= 0.6 is 0 Å². The Labute approximate surface area is 117 Å². The lowest BCUT2D eigenvalue weighted by Crippen LogP contribution is -2.55. The number of carbonyl (C=O) groups is 1. The lowest BCUT2D eigenvalue weighted by Gasteiger charge is -2.39. The van der Waals surface area contributed by atoms with Crippen LogP contribution in [0.3, 0.4) is 0 Å². The van der Waals surface area contributed by atoms with Crippen LogP contribution in [-0.2, 0) is 4.79 Å². The number of rotatable bonds is 5. The van der Waals surface area contributed by atoms with Crippen molar-refractivity contribution >= 4 is 5.91 Å². The third kappa shape index (κ3) is 3.93. The summed E-state index contributed by atoms with van der Waals surface area (Å²) >= 11 is 0. The van der Waals surface area contributed by atoms with Gasteiger partial charge in [-0.3, -0.25) is 9.69 Å². The van der Waals surface area contributed by atoms with Crippen LogP contribution < -0.4 is 10.6 Å². The van der Waals surface area contributed by atoms with Crippen LogP contribution in [-0.4, -0.2) is 49.1 Å². The molecule has 2 N–H and O–H groups in total. The van der Waals surface area contributed by atoms with Crippen LogP contribution in [0, 0.1) is 0 Å². The molecule has 2 rings (SSSR count). The highest BCUT2D eigenvalue weighted by Gasteiger charge is 2.31. The first-order valence-electron chi connectivity index (χ1n) is 7.93. The molecule has 1 aliphatic carbocycles. The summed E-state index contributed by atoms with van der Waals surface area (Å²) in [5.41, 5.74) is 0. The van der Waals surface area contributed by atoms with Gasteiger partial charge in [-0.25, -0.2) is 0 Å². The predicted molar refractivity (Wildman–Crippen MR) is 78.1 cm³/mol. The summed E-state index contributed by atoms with van der Waals surface area (Å²) in [5.74, 6) is 0.231. The van der Waals surface area contributed by atoms with E-state index < -0.39 is 0 Å². The van der Waals surface area contributed by atoms with Crippen LogP contribution in [0.25, 0.3) is 0 Å². The maximum atomic E-state index is 12.4. The fraction of sp³-hybridized carbons (Fsp3) is 0.933. The SMILES string of the molecule is CNCC1CCCCN1C(C)C(=O)NC1CCCC1. The molecule has 19 heavy (non-hydrogen) atoms. The Morgan fingerprint density at radius 3 is 2.58 bits per heavy atom. The second kappa shape index (κ2) is 7.25. The van der Waals surface area contributed by atoms with Gasteiger partial charge >= 0.3 is 0 Å². The molecule has 0 aromatic heterocycles. The molecule has 2 fully saturated rings. The first-order chi connectivity index (χ1) is 9.22. The van der Waals surface area contributed by atoms with E-state index in [1.807, 2.05) is 7.05 Å². The van der Waals surface area contributed by atoms with Gasteiger partial charge in [-0.2, -0.15) is 0 Å². The molecule has 1 heterocycles. The predicted octanol–water partition coefficient (Wildman–Crippen LogP) is 1.51. The standard InChI is InChI=1S/C15H29N3O/c1-12(15(19)17-13-7-3-4-8-13)18-10-6-5-9-14(18)11-16-2/h12-14,16H,3-11H2,1-2H3,(H,17,19). The van der Waals surface area contributed by atoms with E-state index in [4.69, 9.17) is 0 Å². The molecule has 0 bridgehead atoms. The summed E-state index contributed by atoms with van der Waals surface area (Å²) in [6.45, 7) is 4.12. The topological polar surface area (TPSA) is 44.4 Å². The molecule has 2 unspecified atom stereocenters.